The smallest absolute Gasteiger partial charge is 0.255 e. The second kappa shape index (κ2) is 9.26. The van der Waals surface area contributed by atoms with Crippen molar-refractivity contribution in [2.45, 2.75) is 26.9 Å². The van der Waals surface area contributed by atoms with Crippen molar-refractivity contribution in [1.82, 2.24) is 19.6 Å². The zero-order valence-corrected chi connectivity index (χ0v) is 19.8. The van der Waals surface area contributed by atoms with E-state index in [1.54, 1.807) is 24.4 Å². The Kier molecular flexibility index (Phi) is 6.43. The van der Waals surface area contributed by atoms with Gasteiger partial charge in [-0.15, -0.1) is 0 Å². The highest BCUT2D eigenvalue weighted by atomic mass is 79.9. The normalized spacial score (nSPS) is 11.0. The number of nitrogens with one attached hydrogen (secondary N) is 1. The summed E-state index contributed by atoms with van der Waals surface area (Å²) in [4.78, 5) is 12.8. The van der Waals surface area contributed by atoms with Crippen LogP contribution in [0.1, 0.15) is 32.9 Å². The molecule has 0 saturated carbocycles. The van der Waals surface area contributed by atoms with E-state index in [1.807, 2.05) is 36.7 Å². The molecule has 0 aliphatic rings. The average molecular weight is 517 g/mol. The second-order valence-corrected chi connectivity index (χ2v) is 8.62. The van der Waals surface area contributed by atoms with Crippen LogP contribution < -0.4 is 5.32 Å². The fourth-order valence-corrected chi connectivity index (χ4v) is 3.88. The number of rotatable bonds is 6. The van der Waals surface area contributed by atoms with Crippen molar-refractivity contribution >= 4 is 39.1 Å². The lowest BCUT2D eigenvalue weighted by atomic mass is 10.1. The van der Waals surface area contributed by atoms with Crippen LogP contribution in [0.25, 0.3) is 0 Å². The lowest BCUT2D eigenvalue weighted by Gasteiger charge is -2.08. The molecule has 32 heavy (non-hydrogen) atoms. The Morgan fingerprint density at radius 1 is 1.19 bits per heavy atom. The van der Waals surface area contributed by atoms with Gasteiger partial charge in [0.25, 0.3) is 5.91 Å². The first-order valence-electron chi connectivity index (χ1n) is 9.87. The average Bonchev–Trinajstić information content (AvgIpc) is 3.30. The van der Waals surface area contributed by atoms with Crippen LogP contribution in [0.3, 0.4) is 0 Å². The summed E-state index contributed by atoms with van der Waals surface area (Å²) >= 11 is 9.62. The third-order valence-electron chi connectivity index (χ3n) is 5.09. The molecule has 0 aliphatic carbocycles. The molecule has 6 nitrogen and oxygen atoms in total. The largest absolute Gasteiger partial charge is 0.319 e. The Balaban J connectivity index is 1.45. The summed E-state index contributed by atoms with van der Waals surface area (Å²) in [6.45, 7) is 4.65. The Morgan fingerprint density at radius 3 is 2.69 bits per heavy atom. The second-order valence-electron chi connectivity index (χ2n) is 7.42. The van der Waals surface area contributed by atoms with Gasteiger partial charge in [-0.05, 0) is 59.6 Å². The van der Waals surface area contributed by atoms with Gasteiger partial charge in [0.15, 0.2) is 0 Å². The van der Waals surface area contributed by atoms with Crippen LogP contribution in [0.5, 0.6) is 0 Å². The number of anilines is 1. The van der Waals surface area contributed by atoms with E-state index in [2.05, 4.69) is 31.4 Å². The lowest BCUT2D eigenvalue weighted by Crippen LogP contribution is -2.12. The Morgan fingerprint density at radius 2 is 1.97 bits per heavy atom. The summed E-state index contributed by atoms with van der Waals surface area (Å²) in [6, 6.07) is 11.9. The van der Waals surface area contributed by atoms with E-state index in [0.717, 1.165) is 21.4 Å². The fourth-order valence-electron chi connectivity index (χ4n) is 3.38. The molecule has 9 heteroatoms. The molecule has 1 N–H and O–H groups in total. The van der Waals surface area contributed by atoms with Crippen molar-refractivity contribution in [3.05, 3.63) is 98.2 Å². The van der Waals surface area contributed by atoms with Gasteiger partial charge in [0.1, 0.15) is 5.82 Å². The number of aryl methyl sites for hydroxylation is 1. The number of carbonyl (C=O) groups excluding carboxylic acids is 1. The number of benzene rings is 2. The molecule has 2 heterocycles. The highest BCUT2D eigenvalue weighted by Crippen LogP contribution is 2.22. The van der Waals surface area contributed by atoms with E-state index < -0.39 is 5.82 Å². The van der Waals surface area contributed by atoms with E-state index >= 15 is 0 Å². The van der Waals surface area contributed by atoms with E-state index in [9.17, 15) is 9.18 Å². The van der Waals surface area contributed by atoms with Crippen LogP contribution in [0.2, 0.25) is 5.02 Å². The zero-order valence-electron chi connectivity index (χ0n) is 17.4. The predicted molar refractivity (Wildman–Crippen MR) is 126 cm³/mol. The van der Waals surface area contributed by atoms with Gasteiger partial charge in [0.05, 0.1) is 40.8 Å². The molecule has 0 saturated heterocycles. The SMILES string of the molecule is Cc1nn(Cc2cccc(C(=O)Nc3cnn(Cc4c(F)cccc4Cl)c3)c2)c(C)c1Br. The fraction of sp³-hybridized carbons (Fsp3) is 0.174. The third-order valence-corrected chi connectivity index (χ3v) is 6.59. The lowest BCUT2D eigenvalue weighted by molar-refractivity contribution is 0.102. The summed E-state index contributed by atoms with van der Waals surface area (Å²) in [6.07, 6.45) is 3.15. The number of amides is 1. The first kappa shape index (κ1) is 22.2. The molecule has 1 amide bonds. The zero-order chi connectivity index (χ0) is 22.8. The van der Waals surface area contributed by atoms with Gasteiger partial charge in [-0.2, -0.15) is 10.2 Å². The summed E-state index contributed by atoms with van der Waals surface area (Å²) < 4.78 is 18.4. The maximum atomic E-state index is 14.0. The van der Waals surface area contributed by atoms with Gasteiger partial charge >= 0.3 is 0 Å². The molecule has 4 rings (SSSR count). The van der Waals surface area contributed by atoms with Crippen LogP contribution in [0.4, 0.5) is 10.1 Å². The first-order chi connectivity index (χ1) is 15.3. The van der Waals surface area contributed by atoms with Gasteiger partial charge in [-0.1, -0.05) is 29.8 Å². The van der Waals surface area contributed by atoms with E-state index in [1.165, 1.54) is 16.9 Å². The van der Waals surface area contributed by atoms with E-state index in [-0.39, 0.29) is 12.5 Å². The molecule has 2 aromatic carbocycles. The van der Waals surface area contributed by atoms with Crippen LogP contribution in [0.15, 0.2) is 59.3 Å². The van der Waals surface area contributed by atoms with Crippen LogP contribution >= 0.6 is 27.5 Å². The molecule has 4 aromatic rings. The van der Waals surface area contributed by atoms with E-state index in [0.29, 0.717) is 28.4 Å². The molecule has 0 aliphatic heterocycles. The molecule has 0 radical (unpaired) electrons. The molecule has 0 atom stereocenters. The summed E-state index contributed by atoms with van der Waals surface area (Å²) in [5, 5.41) is 11.9. The van der Waals surface area contributed by atoms with E-state index in [4.69, 9.17) is 11.6 Å². The maximum Gasteiger partial charge on any atom is 0.255 e. The van der Waals surface area contributed by atoms with Crippen molar-refractivity contribution < 1.29 is 9.18 Å². The minimum absolute atomic E-state index is 0.162. The highest BCUT2D eigenvalue weighted by molar-refractivity contribution is 9.10. The highest BCUT2D eigenvalue weighted by Gasteiger charge is 2.13. The third kappa shape index (κ3) is 4.76. The topological polar surface area (TPSA) is 64.7 Å². The maximum absolute atomic E-state index is 14.0. The van der Waals surface area contributed by atoms with Crippen LogP contribution in [0, 0.1) is 19.7 Å². The number of halogens is 3. The summed E-state index contributed by atoms with van der Waals surface area (Å²) in [7, 11) is 0. The number of nitrogens with zero attached hydrogens (tertiary/aromatic N) is 4. The Bertz CT molecular complexity index is 1280. The van der Waals surface area contributed by atoms with Crippen LogP contribution in [-0.4, -0.2) is 25.5 Å². The van der Waals surface area contributed by atoms with Gasteiger partial charge in [0.2, 0.25) is 0 Å². The monoisotopic (exact) mass is 515 g/mol. The molecular formula is C23H20BrClFN5O. The molecule has 164 valence electrons. The molecule has 0 spiro atoms. The minimum Gasteiger partial charge on any atom is -0.319 e. The molecule has 2 aromatic heterocycles. The van der Waals surface area contributed by atoms with Crippen molar-refractivity contribution in [3.8, 4) is 0 Å². The number of carbonyl (C=O) groups is 1. The van der Waals surface area contributed by atoms with Crippen molar-refractivity contribution in [2.24, 2.45) is 0 Å². The quantitative estimate of drug-likeness (QED) is 0.363. The first-order valence-corrected chi connectivity index (χ1v) is 11.0. The number of aromatic nitrogens is 4. The van der Waals surface area contributed by atoms with Crippen molar-refractivity contribution in [2.75, 3.05) is 5.32 Å². The van der Waals surface area contributed by atoms with Crippen LogP contribution in [-0.2, 0) is 13.1 Å². The van der Waals surface area contributed by atoms with Gasteiger partial charge in [-0.3, -0.25) is 14.2 Å². The molecule has 0 bridgehead atoms. The Labute approximate surface area is 198 Å². The minimum atomic E-state index is -0.398. The van der Waals surface area contributed by atoms with Crippen molar-refractivity contribution in [3.63, 3.8) is 0 Å². The number of hydrogen-bond acceptors (Lipinski definition) is 3. The van der Waals surface area contributed by atoms with Crippen molar-refractivity contribution in [1.29, 1.82) is 0 Å². The number of hydrogen-bond donors (Lipinski definition) is 1. The Hall–Kier alpha value is -2.97. The van der Waals surface area contributed by atoms with Gasteiger partial charge < -0.3 is 5.32 Å². The summed E-state index contributed by atoms with van der Waals surface area (Å²) in [5.74, 6) is -0.657. The molecule has 0 unspecified atom stereocenters. The van der Waals surface area contributed by atoms with Gasteiger partial charge in [0, 0.05) is 22.3 Å². The summed E-state index contributed by atoms with van der Waals surface area (Å²) in [5.41, 5.74) is 4.28. The molecule has 0 fully saturated rings. The van der Waals surface area contributed by atoms with Gasteiger partial charge in [-0.25, -0.2) is 4.39 Å². The molecular weight excluding hydrogens is 497 g/mol. The predicted octanol–water partition coefficient (Wildman–Crippen LogP) is 5.60. The standard InChI is InChI=1S/C23H20BrClFN5O/c1-14-22(24)15(2)31(29-14)11-16-5-3-6-17(9-16)23(32)28-18-10-27-30(12-18)13-19-20(25)7-4-8-21(19)26/h3-10,12H,11,13H2,1-2H3,(H,28,32).